The predicted octanol–water partition coefficient (Wildman–Crippen LogP) is 2.76. The van der Waals surface area contributed by atoms with Gasteiger partial charge in [-0.25, -0.2) is 4.68 Å². The first-order valence-corrected chi connectivity index (χ1v) is 10.6. The van der Waals surface area contributed by atoms with E-state index in [-0.39, 0.29) is 0 Å². The van der Waals surface area contributed by atoms with Gasteiger partial charge in [0.2, 0.25) is 17.6 Å². The number of hydrogen-bond acceptors (Lipinski definition) is 9. The average Bonchev–Trinajstić information content (AvgIpc) is 3.29. The van der Waals surface area contributed by atoms with Gasteiger partial charge >= 0.3 is 0 Å². The van der Waals surface area contributed by atoms with Crippen molar-refractivity contribution in [2.75, 3.05) is 40.9 Å². The molecular weight excluding hydrogens is 454 g/mol. The van der Waals surface area contributed by atoms with Crippen LogP contribution >= 0.6 is 0 Å². The average molecular weight is 482 g/mol. The molecule has 1 aromatic heterocycles. The molecule has 4 rings (SSSR count). The van der Waals surface area contributed by atoms with E-state index in [2.05, 4.69) is 10.3 Å². The van der Waals surface area contributed by atoms with Crippen molar-refractivity contribution >= 4 is 11.9 Å². The Bertz CT molecular complexity index is 1290. The van der Waals surface area contributed by atoms with Gasteiger partial charge in [0.05, 0.1) is 41.1 Å². The van der Waals surface area contributed by atoms with Crippen LogP contribution in [-0.2, 0) is 4.79 Å². The van der Waals surface area contributed by atoms with Gasteiger partial charge in [0.15, 0.2) is 28.8 Å². The number of carbonyl (C=O) groups is 1. The molecule has 2 heterocycles. The molecule has 1 aliphatic rings. The number of amides is 1. The maximum absolute atomic E-state index is 12.6. The number of allylic oxidation sites excluding steroid dienone is 1. The maximum atomic E-state index is 12.6. The third-order valence-electron chi connectivity index (χ3n) is 5.77. The maximum Gasteiger partial charge on any atom is 0.248 e. The topological polar surface area (TPSA) is 132 Å². The van der Waals surface area contributed by atoms with E-state index in [0.717, 1.165) is 0 Å². The van der Waals surface area contributed by atoms with E-state index in [9.17, 15) is 4.79 Å². The highest BCUT2D eigenvalue weighted by Crippen LogP contribution is 2.44. The molecule has 0 fully saturated rings. The van der Waals surface area contributed by atoms with Gasteiger partial charge in [-0.15, -0.1) is 5.10 Å². The molecule has 11 heteroatoms. The summed E-state index contributed by atoms with van der Waals surface area (Å²) in [5, 5.41) is 7.87. The number of ether oxygens (including phenoxy) is 5. The molecule has 1 aliphatic heterocycles. The van der Waals surface area contributed by atoms with Crippen molar-refractivity contribution in [2.24, 2.45) is 5.73 Å². The number of hydrogen-bond donors (Lipinski definition) is 2. The molecule has 3 N–H and O–H groups in total. The van der Waals surface area contributed by atoms with Crippen LogP contribution in [0.5, 0.6) is 28.7 Å². The van der Waals surface area contributed by atoms with E-state index >= 15 is 0 Å². The minimum atomic E-state index is -0.711. The Hall–Kier alpha value is -4.41. The summed E-state index contributed by atoms with van der Waals surface area (Å²) in [5.74, 6) is 2.54. The van der Waals surface area contributed by atoms with Crippen LogP contribution in [0, 0.1) is 0 Å². The lowest BCUT2D eigenvalue weighted by molar-refractivity contribution is -0.115. The fourth-order valence-electron chi connectivity index (χ4n) is 4.22. The zero-order valence-corrected chi connectivity index (χ0v) is 20.3. The molecule has 0 unspecified atom stereocenters. The first-order chi connectivity index (χ1) is 16.9. The van der Waals surface area contributed by atoms with Gasteiger partial charge in [-0.1, -0.05) is 12.1 Å². The molecule has 0 aliphatic carbocycles. The van der Waals surface area contributed by atoms with Gasteiger partial charge in [0, 0.05) is 16.8 Å². The van der Waals surface area contributed by atoms with Crippen LogP contribution in [-0.4, -0.2) is 56.2 Å². The molecule has 2 aromatic carbocycles. The van der Waals surface area contributed by atoms with Crippen LogP contribution in [0.25, 0.3) is 11.4 Å². The standard InChI is InChI=1S/C24H27N5O6/c1-12-18(22(25)30)19(14-8-7-9-15(31-2)20(14)34-5)29-24(26-12)27-23(28-29)13-10-16(32-3)21(35-6)17(11-13)33-4/h7-11,19H,1-6H3,(H2,25,30)(H,26,27,28)/t19-/m0/s1. The molecule has 0 radical (unpaired) electrons. The largest absolute Gasteiger partial charge is 0.493 e. The highest BCUT2D eigenvalue weighted by molar-refractivity contribution is 5.95. The molecule has 3 aromatic rings. The number of aromatic nitrogens is 3. The fourth-order valence-corrected chi connectivity index (χ4v) is 4.22. The summed E-state index contributed by atoms with van der Waals surface area (Å²) in [6.07, 6.45) is 0. The molecule has 0 saturated carbocycles. The Morgan fingerprint density at radius 3 is 2.11 bits per heavy atom. The van der Waals surface area contributed by atoms with Crippen molar-refractivity contribution in [1.82, 2.24) is 14.8 Å². The Morgan fingerprint density at radius 1 is 0.943 bits per heavy atom. The van der Waals surface area contributed by atoms with E-state index in [4.69, 9.17) is 34.5 Å². The molecular formula is C24H27N5O6. The van der Waals surface area contributed by atoms with Crippen LogP contribution in [0.4, 0.5) is 5.95 Å². The number of nitrogens with zero attached hydrogens (tertiary/aromatic N) is 3. The van der Waals surface area contributed by atoms with Gasteiger partial charge in [-0.2, -0.15) is 4.98 Å². The molecule has 0 bridgehead atoms. The van der Waals surface area contributed by atoms with E-state index in [1.807, 2.05) is 12.1 Å². The lowest BCUT2D eigenvalue weighted by Crippen LogP contribution is -2.32. The lowest BCUT2D eigenvalue weighted by atomic mass is 9.94. The number of fused-ring (bicyclic) bond motifs is 1. The van der Waals surface area contributed by atoms with Crippen LogP contribution in [0.3, 0.4) is 0 Å². The third-order valence-corrected chi connectivity index (χ3v) is 5.77. The van der Waals surface area contributed by atoms with Gasteiger partial charge in [-0.05, 0) is 25.1 Å². The van der Waals surface area contributed by atoms with Gasteiger partial charge in [-0.3, -0.25) is 4.79 Å². The highest BCUT2D eigenvalue weighted by Gasteiger charge is 2.36. The normalized spacial score (nSPS) is 14.6. The molecule has 1 atom stereocenters. The summed E-state index contributed by atoms with van der Waals surface area (Å²) < 4.78 is 29.1. The van der Waals surface area contributed by atoms with Gasteiger partial charge in [0.25, 0.3) is 0 Å². The lowest BCUT2D eigenvalue weighted by Gasteiger charge is -2.29. The van der Waals surface area contributed by atoms with Crippen LogP contribution < -0.4 is 34.7 Å². The smallest absolute Gasteiger partial charge is 0.248 e. The van der Waals surface area contributed by atoms with E-state index in [1.165, 1.54) is 28.4 Å². The van der Waals surface area contributed by atoms with Crippen LogP contribution in [0.1, 0.15) is 18.5 Å². The number of benzene rings is 2. The minimum Gasteiger partial charge on any atom is -0.493 e. The number of nitrogens with one attached hydrogen (secondary N) is 1. The van der Waals surface area contributed by atoms with Crippen molar-refractivity contribution < 1.29 is 28.5 Å². The van der Waals surface area contributed by atoms with Crippen molar-refractivity contribution in [1.29, 1.82) is 0 Å². The number of carbonyl (C=O) groups excluding carboxylic acids is 1. The summed E-state index contributed by atoms with van der Waals surface area (Å²) in [7, 11) is 7.68. The second kappa shape index (κ2) is 9.45. The molecule has 0 saturated heterocycles. The van der Waals surface area contributed by atoms with Crippen LogP contribution in [0.15, 0.2) is 41.6 Å². The second-order valence-corrected chi connectivity index (χ2v) is 7.63. The van der Waals surface area contributed by atoms with Crippen molar-refractivity contribution in [2.45, 2.75) is 13.0 Å². The number of para-hydroxylation sites is 1. The summed E-state index contributed by atoms with van der Waals surface area (Å²) in [4.78, 5) is 17.2. The Labute approximate surface area is 202 Å². The number of anilines is 1. The minimum absolute atomic E-state index is 0.324. The van der Waals surface area contributed by atoms with Gasteiger partial charge < -0.3 is 34.7 Å². The van der Waals surface area contributed by atoms with Crippen molar-refractivity contribution in [3.8, 4) is 40.1 Å². The number of rotatable bonds is 8. The molecule has 35 heavy (non-hydrogen) atoms. The Kier molecular flexibility index (Phi) is 6.41. The molecule has 11 nitrogen and oxygen atoms in total. The monoisotopic (exact) mass is 481 g/mol. The summed E-state index contributed by atoms with van der Waals surface area (Å²) in [6, 6.07) is 8.20. The van der Waals surface area contributed by atoms with Crippen LogP contribution in [0.2, 0.25) is 0 Å². The molecule has 184 valence electrons. The number of nitrogens with two attached hydrogens (primary N) is 1. The third kappa shape index (κ3) is 3.94. The number of primary amides is 1. The quantitative estimate of drug-likeness (QED) is 0.498. The predicted molar refractivity (Wildman–Crippen MR) is 128 cm³/mol. The molecule has 0 spiro atoms. The zero-order chi connectivity index (χ0) is 25.3. The first kappa shape index (κ1) is 23.7. The van der Waals surface area contributed by atoms with E-state index in [1.54, 1.807) is 36.9 Å². The highest BCUT2D eigenvalue weighted by atomic mass is 16.5. The van der Waals surface area contributed by atoms with Gasteiger partial charge in [0.1, 0.15) is 6.04 Å². The van der Waals surface area contributed by atoms with E-state index in [0.29, 0.717) is 62.9 Å². The van der Waals surface area contributed by atoms with Crippen molar-refractivity contribution in [3.63, 3.8) is 0 Å². The summed E-state index contributed by atoms with van der Waals surface area (Å²) in [6.45, 7) is 1.76. The number of methoxy groups -OCH3 is 5. The Morgan fingerprint density at radius 2 is 1.57 bits per heavy atom. The SMILES string of the molecule is COc1cc(-c2nc3n(n2)[C@@H](c2cccc(OC)c2OC)C(C(N)=O)=C(C)N3)cc(OC)c1OC. The van der Waals surface area contributed by atoms with Crippen molar-refractivity contribution in [3.05, 3.63) is 47.2 Å². The fraction of sp³-hybridized carbons (Fsp3) is 0.292. The first-order valence-electron chi connectivity index (χ1n) is 10.6. The summed E-state index contributed by atoms with van der Waals surface area (Å²) in [5.41, 5.74) is 7.96. The molecule has 1 amide bonds. The zero-order valence-electron chi connectivity index (χ0n) is 20.3. The second-order valence-electron chi connectivity index (χ2n) is 7.63. The van der Waals surface area contributed by atoms with E-state index < -0.39 is 11.9 Å². The Balaban J connectivity index is 1.93. The summed E-state index contributed by atoms with van der Waals surface area (Å²) >= 11 is 0.